The average Bonchev–Trinajstić information content (AvgIpc) is 2.34. The van der Waals surface area contributed by atoms with Crippen LogP contribution in [0.25, 0.3) is 0 Å². The molecule has 0 radical (unpaired) electrons. The van der Waals surface area contributed by atoms with E-state index in [0.29, 0.717) is 25.2 Å². The predicted molar refractivity (Wildman–Crippen MR) is 73.7 cm³/mol. The molecule has 0 aliphatic carbocycles. The number of nitrogens with zero attached hydrogens (tertiary/aromatic N) is 2. The van der Waals surface area contributed by atoms with E-state index in [1.165, 1.54) is 6.07 Å². The molecule has 1 fully saturated rings. The number of rotatable bonds is 1. The summed E-state index contributed by atoms with van der Waals surface area (Å²) in [6.07, 6.45) is 0. The molecule has 0 spiro atoms. The zero-order chi connectivity index (χ0) is 14.2. The lowest BCUT2D eigenvalue weighted by atomic mass is 10.1. The standard InChI is InChI=1S/C15H21FN2O/c1-10-5-6-13(14(16)7-10)15(19)18-8-11(2)17(4)12(3)9-18/h5-7,11-12H,8-9H2,1-4H3. The van der Waals surface area contributed by atoms with Gasteiger partial charge in [0.15, 0.2) is 0 Å². The number of carbonyl (C=O) groups is 1. The van der Waals surface area contributed by atoms with Crippen LogP contribution in [0, 0.1) is 12.7 Å². The number of halogens is 1. The molecule has 4 heteroatoms. The molecular weight excluding hydrogens is 243 g/mol. The van der Waals surface area contributed by atoms with Crippen molar-refractivity contribution in [2.75, 3.05) is 20.1 Å². The lowest BCUT2D eigenvalue weighted by molar-refractivity contribution is 0.0410. The number of aryl methyl sites for hydroxylation is 1. The Hall–Kier alpha value is -1.42. The number of benzene rings is 1. The third kappa shape index (κ3) is 2.78. The fraction of sp³-hybridized carbons (Fsp3) is 0.533. The van der Waals surface area contributed by atoms with Crippen LogP contribution in [0.15, 0.2) is 18.2 Å². The summed E-state index contributed by atoms with van der Waals surface area (Å²) in [6, 6.07) is 5.36. The summed E-state index contributed by atoms with van der Waals surface area (Å²) < 4.78 is 13.9. The number of likely N-dealkylation sites (N-methyl/N-ethyl adjacent to an activating group) is 1. The molecule has 0 bridgehead atoms. The second-order valence-corrected chi connectivity index (χ2v) is 5.56. The van der Waals surface area contributed by atoms with Crippen LogP contribution in [0.4, 0.5) is 4.39 Å². The van der Waals surface area contributed by atoms with E-state index in [0.717, 1.165) is 5.56 Å². The highest BCUT2D eigenvalue weighted by atomic mass is 19.1. The molecule has 1 amide bonds. The number of piperazine rings is 1. The highest BCUT2D eigenvalue weighted by Gasteiger charge is 2.30. The summed E-state index contributed by atoms with van der Waals surface area (Å²) in [5, 5.41) is 0. The van der Waals surface area contributed by atoms with Gasteiger partial charge in [0.05, 0.1) is 5.56 Å². The molecule has 2 atom stereocenters. The maximum Gasteiger partial charge on any atom is 0.256 e. The number of carbonyl (C=O) groups excluding carboxylic acids is 1. The van der Waals surface area contributed by atoms with Crippen LogP contribution >= 0.6 is 0 Å². The van der Waals surface area contributed by atoms with Crippen molar-refractivity contribution in [1.82, 2.24) is 9.80 Å². The Morgan fingerprint density at radius 3 is 2.37 bits per heavy atom. The van der Waals surface area contributed by atoms with Crippen molar-refractivity contribution in [3.8, 4) is 0 Å². The molecule has 1 heterocycles. The van der Waals surface area contributed by atoms with Gasteiger partial charge in [-0.3, -0.25) is 9.69 Å². The number of amides is 1. The molecule has 2 rings (SSSR count). The van der Waals surface area contributed by atoms with E-state index in [-0.39, 0.29) is 11.5 Å². The molecule has 104 valence electrons. The lowest BCUT2D eigenvalue weighted by Crippen LogP contribution is -2.56. The van der Waals surface area contributed by atoms with Crippen molar-refractivity contribution in [3.63, 3.8) is 0 Å². The second kappa shape index (κ2) is 5.29. The first kappa shape index (κ1) is 14.0. The van der Waals surface area contributed by atoms with E-state index < -0.39 is 5.82 Å². The van der Waals surface area contributed by atoms with Gasteiger partial charge in [0.2, 0.25) is 0 Å². The highest BCUT2D eigenvalue weighted by molar-refractivity contribution is 5.94. The number of hydrogen-bond donors (Lipinski definition) is 0. The van der Waals surface area contributed by atoms with Crippen LogP contribution in [-0.2, 0) is 0 Å². The van der Waals surface area contributed by atoms with Crippen LogP contribution < -0.4 is 0 Å². The largest absolute Gasteiger partial charge is 0.335 e. The molecule has 1 aliphatic heterocycles. The fourth-order valence-electron chi connectivity index (χ4n) is 2.53. The Balaban J connectivity index is 2.20. The molecule has 1 aliphatic rings. The minimum atomic E-state index is -0.427. The monoisotopic (exact) mass is 264 g/mol. The van der Waals surface area contributed by atoms with Gasteiger partial charge in [0.1, 0.15) is 5.82 Å². The predicted octanol–water partition coefficient (Wildman–Crippen LogP) is 2.30. The van der Waals surface area contributed by atoms with Gasteiger partial charge in [-0.25, -0.2) is 4.39 Å². The van der Waals surface area contributed by atoms with Crippen molar-refractivity contribution in [2.45, 2.75) is 32.9 Å². The molecule has 1 aromatic carbocycles. The van der Waals surface area contributed by atoms with Crippen molar-refractivity contribution in [1.29, 1.82) is 0 Å². The molecular formula is C15H21FN2O. The minimum absolute atomic E-state index is 0.176. The topological polar surface area (TPSA) is 23.6 Å². The number of hydrogen-bond acceptors (Lipinski definition) is 2. The van der Waals surface area contributed by atoms with E-state index in [1.807, 2.05) is 6.92 Å². The normalized spacial score (nSPS) is 24.6. The SMILES string of the molecule is Cc1ccc(C(=O)N2CC(C)N(C)C(C)C2)c(F)c1. The molecule has 1 saturated heterocycles. The zero-order valence-electron chi connectivity index (χ0n) is 12.0. The summed E-state index contributed by atoms with van der Waals surface area (Å²) in [4.78, 5) is 16.4. The third-order valence-electron chi connectivity index (χ3n) is 4.00. The van der Waals surface area contributed by atoms with Gasteiger partial charge in [0.25, 0.3) is 5.91 Å². The average molecular weight is 264 g/mol. The van der Waals surface area contributed by atoms with E-state index in [2.05, 4.69) is 25.8 Å². The fourth-order valence-corrected chi connectivity index (χ4v) is 2.53. The third-order valence-corrected chi connectivity index (χ3v) is 4.00. The van der Waals surface area contributed by atoms with E-state index in [1.54, 1.807) is 17.0 Å². The van der Waals surface area contributed by atoms with Gasteiger partial charge in [-0.15, -0.1) is 0 Å². The summed E-state index contributed by atoms with van der Waals surface area (Å²) in [6.45, 7) is 7.28. The first-order valence-electron chi connectivity index (χ1n) is 6.67. The summed E-state index contributed by atoms with van der Waals surface area (Å²) in [5.74, 6) is -0.631. The summed E-state index contributed by atoms with van der Waals surface area (Å²) in [7, 11) is 2.06. The smallest absolute Gasteiger partial charge is 0.256 e. The van der Waals surface area contributed by atoms with Gasteiger partial charge < -0.3 is 4.90 Å². The Morgan fingerprint density at radius 1 is 1.26 bits per heavy atom. The van der Waals surface area contributed by atoms with Gasteiger partial charge in [-0.2, -0.15) is 0 Å². The van der Waals surface area contributed by atoms with E-state index in [9.17, 15) is 9.18 Å². The highest BCUT2D eigenvalue weighted by Crippen LogP contribution is 2.18. The van der Waals surface area contributed by atoms with Crippen molar-refractivity contribution < 1.29 is 9.18 Å². The first-order chi connectivity index (χ1) is 8.90. The zero-order valence-corrected chi connectivity index (χ0v) is 12.0. The van der Waals surface area contributed by atoms with Crippen LogP contribution in [-0.4, -0.2) is 47.9 Å². The quantitative estimate of drug-likeness (QED) is 0.777. The molecule has 1 aromatic rings. The van der Waals surface area contributed by atoms with Crippen LogP contribution in [0.5, 0.6) is 0 Å². The second-order valence-electron chi connectivity index (χ2n) is 5.56. The Labute approximate surface area is 114 Å². The Kier molecular flexibility index (Phi) is 3.90. The lowest BCUT2D eigenvalue weighted by Gasteiger charge is -2.42. The molecule has 0 saturated carbocycles. The van der Waals surface area contributed by atoms with E-state index >= 15 is 0 Å². The van der Waals surface area contributed by atoms with Crippen molar-refractivity contribution in [2.24, 2.45) is 0 Å². The van der Waals surface area contributed by atoms with Crippen LogP contribution in [0.3, 0.4) is 0 Å². The first-order valence-corrected chi connectivity index (χ1v) is 6.67. The molecule has 19 heavy (non-hydrogen) atoms. The minimum Gasteiger partial charge on any atom is -0.335 e. The van der Waals surface area contributed by atoms with Gasteiger partial charge in [-0.05, 0) is 45.5 Å². The maximum atomic E-state index is 13.9. The van der Waals surface area contributed by atoms with Gasteiger partial charge in [0, 0.05) is 25.2 Å². The van der Waals surface area contributed by atoms with Crippen molar-refractivity contribution >= 4 is 5.91 Å². The van der Waals surface area contributed by atoms with Crippen LogP contribution in [0.2, 0.25) is 0 Å². The molecule has 0 aromatic heterocycles. The van der Waals surface area contributed by atoms with Crippen molar-refractivity contribution in [3.05, 3.63) is 35.1 Å². The Morgan fingerprint density at radius 2 is 1.84 bits per heavy atom. The summed E-state index contributed by atoms with van der Waals surface area (Å²) in [5.41, 5.74) is 1.00. The van der Waals surface area contributed by atoms with Gasteiger partial charge >= 0.3 is 0 Å². The van der Waals surface area contributed by atoms with Crippen LogP contribution in [0.1, 0.15) is 29.8 Å². The summed E-state index contributed by atoms with van der Waals surface area (Å²) >= 11 is 0. The maximum absolute atomic E-state index is 13.9. The van der Waals surface area contributed by atoms with Gasteiger partial charge in [-0.1, -0.05) is 6.07 Å². The molecule has 3 nitrogen and oxygen atoms in total. The van der Waals surface area contributed by atoms with E-state index in [4.69, 9.17) is 0 Å². The molecule has 0 N–H and O–H groups in total. The molecule has 2 unspecified atom stereocenters. The Bertz CT molecular complexity index is 477.